The molecular weight excluding hydrogens is 256 g/mol. The lowest BCUT2D eigenvalue weighted by Gasteiger charge is -2.26. The Morgan fingerprint density at radius 1 is 1.42 bits per heavy atom. The molecule has 106 valence electrons. The van der Waals surface area contributed by atoms with E-state index in [2.05, 4.69) is 29.6 Å². The highest BCUT2D eigenvalue weighted by Crippen LogP contribution is 2.18. The fraction of sp³-hybridized carbons (Fsp3) is 0.714. The first-order valence-corrected chi connectivity index (χ1v) is 7.54. The maximum Gasteiger partial charge on any atom is 0.166 e. The number of rotatable bonds is 3. The third-order valence-electron chi connectivity index (χ3n) is 4.03. The number of aromatic nitrogens is 2. The number of nitrogens with one attached hydrogen (secondary N) is 2. The maximum atomic E-state index is 5.41. The van der Waals surface area contributed by atoms with E-state index in [4.69, 9.17) is 12.2 Å². The summed E-state index contributed by atoms with van der Waals surface area (Å²) in [6, 6.07) is 0.744. The van der Waals surface area contributed by atoms with Crippen molar-refractivity contribution in [3.63, 3.8) is 0 Å². The van der Waals surface area contributed by atoms with E-state index < -0.39 is 0 Å². The summed E-state index contributed by atoms with van der Waals surface area (Å²) in [5.74, 6) is 0. The van der Waals surface area contributed by atoms with Crippen LogP contribution in [0.25, 0.3) is 0 Å². The van der Waals surface area contributed by atoms with Gasteiger partial charge in [0.1, 0.15) is 0 Å². The van der Waals surface area contributed by atoms with E-state index in [1.807, 2.05) is 17.9 Å². The van der Waals surface area contributed by atoms with Crippen molar-refractivity contribution in [3.05, 3.63) is 17.5 Å². The molecule has 1 aliphatic rings. The summed E-state index contributed by atoms with van der Waals surface area (Å²) >= 11 is 5.41. The zero-order valence-electron chi connectivity index (χ0n) is 12.1. The van der Waals surface area contributed by atoms with Crippen LogP contribution in [0.3, 0.4) is 0 Å². The summed E-state index contributed by atoms with van der Waals surface area (Å²) < 4.78 is 1.89. The molecule has 2 rings (SSSR count). The Morgan fingerprint density at radius 3 is 2.68 bits per heavy atom. The highest BCUT2D eigenvalue weighted by atomic mass is 32.1. The maximum absolute atomic E-state index is 5.41. The minimum absolute atomic E-state index is 0.192. The zero-order valence-corrected chi connectivity index (χ0v) is 12.9. The number of hydrogen-bond acceptors (Lipinski definition) is 2. The van der Waals surface area contributed by atoms with Crippen molar-refractivity contribution in [3.8, 4) is 0 Å². The Bertz CT molecular complexity index is 435. The van der Waals surface area contributed by atoms with Gasteiger partial charge in [0.15, 0.2) is 5.11 Å². The molecule has 19 heavy (non-hydrogen) atoms. The van der Waals surface area contributed by atoms with E-state index in [0.29, 0.717) is 6.04 Å². The van der Waals surface area contributed by atoms with Crippen LogP contribution in [-0.2, 0) is 7.05 Å². The van der Waals surface area contributed by atoms with Gasteiger partial charge in [-0.3, -0.25) is 4.68 Å². The van der Waals surface area contributed by atoms with Gasteiger partial charge < -0.3 is 10.6 Å². The van der Waals surface area contributed by atoms with Gasteiger partial charge in [-0.1, -0.05) is 19.3 Å². The molecule has 1 aliphatic carbocycles. The Labute approximate surface area is 121 Å². The summed E-state index contributed by atoms with van der Waals surface area (Å²) in [4.78, 5) is 0. The van der Waals surface area contributed by atoms with Crippen LogP contribution in [0.5, 0.6) is 0 Å². The van der Waals surface area contributed by atoms with Crippen molar-refractivity contribution in [1.29, 1.82) is 0 Å². The largest absolute Gasteiger partial charge is 0.360 e. The third kappa shape index (κ3) is 3.69. The summed E-state index contributed by atoms with van der Waals surface area (Å²) in [7, 11) is 1.96. The molecular formula is C14H24N4S. The minimum atomic E-state index is 0.192. The van der Waals surface area contributed by atoms with Crippen LogP contribution < -0.4 is 10.6 Å². The number of aryl methyl sites for hydroxylation is 1. The fourth-order valence-electron chi connectivity index (χ4n) is 2.69. The standard InChI is InChI=1S/C14H24N4S/c1-10(13-9-15-18(3)11(13)2)16-14(19)17-12-7-5-4-6-8-12/h9-10,12H,4-8H2,1-3H3,(H2,16,17,19). The Balaban J connectivity index is 1.86. The van der Waals surface area contributed by atoms with Crippen molar-refractivity contribution in [1.82, 2.24) is 20.4 Å². The van der Waals surface area contributed by atoms with Gasteiger partial charge in [-0.2, -0.15) is 5.10 Å². The molecule has 1 unspecified atom stereocenters. The Hall–Kier alpha value is -1.10. The van der Waals surface area contributed by atoms with E-state index in [1.54, 1.807) is 0 Å². The molecule has 0 radical (unpaired) electrons. The van der Waals surface area contributed by atoms with Crippen LogP contribution >= 0.6 is 12.2 Å². The highest BCUT2D eigenvalue weighted by Gasteiger charge is 2.16. The van der Waals surface area contributed by atoms with Crippen molar-refractivity contribution in [2.24, 2.45) is 7.05 Å². The van der Waals surface area contributed by atoms with E-state index in [0.717, 1.165) is 5.11 Å². The summed E-state index contributed by atoms with van der Waals surface area (Å²) in [5.41, 5.74) is 2.38. The molecule has 0 aromatic carbocycles. The van der Waals surface area contributed by atoms with Gasteiger partial charge in [0.05, 0.1) is 12.2 Å². The lowest BCUT2D eigenvalue weighted by Crippen LogP contribution is -2.43. The number of nitrogens with zero attached hydrogens (tertiary/aromatic N) is 2. The molecule has 2 N–H and O–H groups in total. The van der Waals surface area contributed by atoms with Crippen LogP contribution in [0.15, 0.2) is 6.20 Å². The topological polar surface area (TPSA) is 41.9 Å². The van der Waals surface area contributed by atoms with Crippen LogP contribution in [0.1, 0.15) is 56.3 Å². The first-order valence-electron chi connectivity index (χ1n) is 7.13. The van der Waals surface area contributed by atoms with E-state index >= 15 is 0 Å². The van der Waals surface area contributed by atoms with Gasteiger partial charge in [0, 0.05) is 24.3 Å². The monoisotopic (exact) mass is 280 g/mol. The minimum Gasteiger partial charge on any atom is -0.360 e. The van der Waals surface area contributed by atoms with Gasteiger partial charge in [0.2, 0.25) is 0 Å². The average Bonchev–Trinajstić information content (AvgIpc) is 2.71. The third-order valence-corrected chi connectivity index (χ3v) is 4.26. The van der Waals surface area contributed by atoms with Crippen LogP contribution in [0.2, 0.25) is 0 Å². The predicted octanol–water partition coefficient (Wildman–Crippen LogP) is 2.59. The molecule has 0 amide bonds. The van der Waals surface area contributed by atoms with Gasteiger partial charge in [0.25, 0.3) is 0 Å². The molecule has 1 atom stereocenters. The first-order chi connectivity index (χ1) is 9.08. The van der Waals surface area contributed by atoms with Crippen molar-refractivity contribution >= 4 is 17.3 Å². The van der Waals surface area contributed by atoms with Gasteiger partial charge in [-0.15, -0.1) is 0 Å². The van der Waals surface area contributed by atoms with E-state index in [1.165, 1.54) is 43.4 Å². The van der Waals surface area contributed by atoms with Gasteiger partial charge in [-0.05, 0) is 38.9 Å². The molecule has 0 bridgehead atoms. The van der Waals surface area contributed by atoms with Crippen molar-refractivity contribution in [2.45, 2.75) is 58.0 Å². The predicted molar refractivity (Wildman–Crippen MR) is 82.1 cm³/mol. The Morgan fingerprint density at radius 2 is 2.11 bits per heavy atom. The molecule has 1 aromatic heterocycles. The van der Waals surface area contributed by atoms with Gasteiger partial charge in [-0.25, -0.2) is 0 Å². The van der Waals surface area contributed by atoms with Crippen molar-refractivity contribution in [2.75, 3.05) is 0 Å². The smallest absolute Gasteiger partial charge is 0.166 e. The lowest BCUT2D eigenvalue weighted by atomic mass is 9.96. The Kier molecular flexibility index (Phi) is 4.80. The van der Waals surface area contributed by atoms with Crippen LogP contribution in [-0.4, -0.2) is 20.9 Å². The SMILES string of the molecule is Cc1c(C(C)NC(=S)NC2CCCCC2)cnn1C. The molecule has 0 saturated heterocycles. The molecule has 1 aromatic rings. The summed E-state index contributed by atoms with van der Waals surface area (Å²) in [5, 5.41) is 11.8. The van der Waals surface area contributed by atoms with E-state index in [-0.39, 0.29) is 6.04 Å². The zero-order chi connectivity index (χ0) is 13.8. The molecule has 5 heteroatoms. The van der Waals surface area contributed by atoms with Crippen molar-refractivity contribution < 1.29 is 0 Å². The molecule has 0 aliphatic heterocycles. The molecule has 4 nitrogen and oxygen atoms in total. The molecule has 1 saturated carbocycles. The lowest BCUT2D eigenvalue weighted by molar-refractivity contribution is 0.411. The second-order valence-electron chi connectivity index (χ2n) is 5.48. The summed E-state index contributed by atoms with van der Waals surface area (Å²) in [6.45, 7) is 4.21. The van der Waals surface area contributed by atoms with Crippen LogP contribution in [0.4, 0.5) is 0 Å². The van der Waals surface area contributed by atoms with E-state index in [9.17, 15) is 0 Å². The highest BCUT2D eigenvalue weighted by molar-refractivity contribution is 7.80. The number of hydrogen-bond donors (Lipinski definition) is 2. The van der Waals surface area contributed by atoms with Gasteiger partial charge >= 0.3 is 0 Å². The second-order valence-corrected chi connectivity index (χ2v) is 5.89. The molecule has 1 fully saturated rings. The quantitative estimate of drug-likeness (QED) is 0.835. The van der Waals surface area contributed by atoms with Crippen LogP contribution in [0, 0.1) is 6.92 Å². The molecule has 1 heterocycles. The number of thiocarbonyl (C=S) groups is 1. The first kappa shape index (κ1) is 14.3. The normalized spacial score (nSPS) is 18.1. The second kappa shape index (κ2) is 6.37. The molecule has 0 spiro atoms. The fourth-order valence-corrected chi connectivity index (χ4v) is 3.03. The summed E-state index contributed by atoms with van der Waals surface area (Å²) in [6.07, 6.45) is 8.39. The average molecular weight is 280 g/mol.